The molecule has 1 amide bonds. The van der Waals surface area contributed by atoms with E-state index < -0.39 is 0 Å². The van der Waals surface area contributed by atoms with Gasteiger partial charge in [-0.2, -0.15) is 5.10 Å². The standard InChI is InChI=1S/C21H31N5O2/c1-16(23-21(27)15-25(3)18-9-11-24(2)12-10-18)17-13-22-26(14-17)19-7-5-6-8-20(19)28-4/h5-8,13-14,16,18H,9-12,15H2,1-4H3,(H,23,27). The highest BCUT2D eigenvalue weighted by Gasteiger charge is 2.22. The maximum absolute atomic E-state index is 12.5. The minimum absolute atomic E-state index is 0.0407. The van der Waals surface area contributed by atoms with Crippen LogP contribution in [-0.4, -0.2) is 72.4 Å². The minimum Gasteiger partial charge on any atom is -0.494 e. The van der Waals surface area contributed by atoms with E-state index in [1.54, 1.807) is 18.0 Å². The lowest BCUT2D eigenvalue weighted by atomic mass is 10.0. The summed E-state index contributed by atoms with van der Waals surface area (Å²) in [6.45, 7) is 4.58. The van der Waals surface area contributed by atoms with Gasteiger partial charge in [0.05, 0.1) is 25.9 Å². The van der Waals surface area contributed by atoms with Crippen LogP contribution in [0.1, 0.15) is 31.4 Å². The molecule has 1 aromatic carbocycles. The van der Waals surface area contributed by atoms with E-state index in [-0.39, 0.29) is 11.9 Å². The highest BCUT2D eigenvalue weighted by atomic mass is 16.5. The number of hydrogen-bond acceptors (Lipinski definition) is 5. The number of amides is 1. The molecule has 0 aliphatic carbocycles. The number of ether oxygens (including phenoxy) is 1. The first-order chi connectivity index (χ1) is 13.5. The van der Waals surface area contributed by atoms with Crippen LogP contribution in [0.15, 0.2) is 36.7 Å². The molecule has 28 heavy (non-hydrogen) atoms. The molecule has 2 aromatic rings. The summed E-state index contributed by atoms with van der Waals surface area (Å²) in [5.41, 5.74) is 1.83. The molecule has 7 nitrogen and oxygen atoms in total. The number of likely N-dealkylation sites (tertiary alicyclic amines) is 1. The fourth-order valence-electron chi connectivity index (χ4n) is 3.67. The number of carbonyl (C=O) groups excluding carboxylic acids is 1. The SMILES string of the molecule is COc1ccccc1-n1cc(C(C)NC(=O)CN(C)C2CCN(C)CC2)cn1. The van der Waals surface area contributed by atoms with Gasteiger partial charge in [0.2, 0.25) is 5.91 Å². The first-order valence-electron chi connectivity index (χ1n) is 9.84. The van der Waals surface area contributed by atoms with Gasteiger partial charge in [0.15, 0.2) is 0 Å². The molecule has 3 rings (SSSR count). The van der Waals surface area contributed by atoms with Crippen molar-refractivity contribution in [2.24, 2.45) is 0 Å². The molecule has 1 N–H and O–H groups in total. The third-order valence-electron chi connectivity index (χ3n) is 5.52. The molecule has 1 saturated heterocycles. The topological polar surface area (TPSA) is 62.6 Å². The second kappa shape index (κ2) is 9.21. The summed E-state index contributed by atoms with van der Waals surface area (Å²) in [5, 5.41) is 7.53. The Kier molecular flexibility index (Phi) is 6.70. The number of rotatable bonds is 7. The Bertz CT molecular complexity index is 783. The van der Waals surface area contributed by atoms with Gasteiger partial charge in [0.25, 0.3) is 0 Å². The van der Waals surface area contributed by atoms with Gasteiger partial charge >= 0.3 is 0 Å². The van der Waals surface area contributed by atoms with Crippen LogP contribution in [0.5, 0.6) is 5.75 Å². The summed E-state index contributed by atoms with van der Waals surface area (Å²) in [6.07, 6.45) is 5.95. The van der Waals surface area contributed by atoms with Crippen molar-refractivity contribution in [3.63, 3.8) is 0 Å². The van der Waals surface area contributed by atoms with E-state index in [2.05, 4.69) is 27.3 Å². The second-order valence-electron chi connectivity index (χ2n) is 7.63. The Morgan fingerprint density at radius 3 is 2.79 bits per heavy atom. The number of hydrogen-bond donors (Lipinski definition) is 1. The highest BCUT2D eigenvalue weighted by Crippen LogP contribution is 2.23. The Balaban J connectivity index is 1.57. The lowest BCUT2D eigenvalue weighted by molar-refractivity contribution is -0.123. The van der Waals surface area contributed by atoms with E-state index in [0.717, 1.165) is 42.9 Å². The van der Waals surface area contributed by atoms with Crippen LogP contribution in [0.4, 0.5) is 0 Å². The second-order valence-corrected chi connectivity index (χ2v) is 7.63. The predicted molar refractivity (Wildman–Crippen MR) is 110 cm³/mol. The van der Waals surface area contributed by atoms with Crippen LogP contribution in [0.25, 0.3) is 5.69 Å². The highest BCUT2D eigenvalue weighted by molar-refractivity contribution is 5.78. The largest absolute Gasteiger partial charge is 0.494 e. The monoisotopic (exact) mass is 385 g/mol. The number of nitrogens with one attached hydrogen (secondary N) is 1. The third kappa shape index (κ3) is 4.91. The van der Waals surface area contributed by atoms with Crippen LogP contribution >= 0.6 is 0 Å². The Hall–Kier alpha value is -2.38. The van der Waals surface area contributed by atoms with Crippen molar-refractivity contribution in [1.29, 1.82) is 0 Å². The maximum Gasteiger partial charge on any atom is 0.234 e. The lowest BCUT2D eigenvalue weighted by Gasteiger charge is -2.34. The maximum atomic E-state index is 12.5. The van der Waals surface area contributed by atoms with Crippen molar-refractivity contribution in [3.8, 4) is 11.4 Å². The van der Waals surface area contributed by atoms with E-state index >= 15 is 0 Å². The summed E-state index contributed by atoms with van der Waals surface area (Å²) >= 11 is 0. The summed E-state index contributed by atoms with van der Waals surface area (Å²) in [5.74, 6) is 0.799. The molecule has 0 saturated carbocycles. The Morgan fingerprint density at radius 2 is 2.07 bits per heavy atom. The normalized spacial score (nSPS) is 16.9. The Labute approximate surface area is 167 Å². The van der Waals surface area contributed by atoms with Crippen LogP contribution in [0.2, 0.25) is 0 Å². The van der Waals surface area contributed by atoms with E-state index in [4.69, 9.17) is 4.74 Å². The molecule has 1 aliphatic rings. The molecule has 2 heterocycles. The van der Waals surface area contributed by atoms with Crippen molar-refractivity contribution >= 4 is 5.91 Å². The average Bonchev–Trinajstić information content (AvgIpc) is 3.18. The first kappa shape index (κ1) is 20.4. The predicted octanol–water partition coefficient (Wildman–Crippen LogP) is 2.08. The number of nitrogens with zero attached hydrogens (tertiary/aromatic N) is 4. The smallest absolute Gasteiger partial charge is 0.234 e. The average molecular weight is 386 g/mol. The van der Waals surface area contributed by atoms with Gasteiger partial charge in [-0.15, -0.1) is 0 Å². The third-order valence-corrected chi connectivity index (χ3v) is 5.52. The number of benzene rings is 1. The summed E-state index contributed by atoms with van der Waals surface area (Å²) in [4.78, 5) is 17.0. The number of carbonyl (C=O) groups is 1. The summed E-state index contributed by atoms with van der Waals surface area (Å²) in [7, 11) is 5.84. The molecule has 1 atom stereocenters. The zero-order chi connectivity index (χ0) is 20.1. The number of para-hydroxylation sites is 2. The summed E-state index contributed by atoms with van der Waals surface area (Å²) in [6, 6.07) is 8.10. The van der Waals surface area contributed by atoms with Crippen LogP contribution in [-0.2, 0) is 4.79 Å². The molecule has 1 aliphatic heterocycles. The fourth-order valence-corrected chi connectivity index (χ4v) is 3.67. The van der Waals surface area contributed by atoms with Gasteiger partial charge in [-0.05, 0) is 59.1 Å². The molecular formula is C21H31N5O2. The molecule has 1 aromatic heterocycles. The van der Waals surface area contributed by atoms with Crippen molar-refractivity contribution in [1.82, 2.24) is 24.9 Å². The first-order valence-corrected chi connectivity index (χ1v) is 9.84. The van der Waals surface area contributed by atoms with Crippen LogP contribution < -0.4 is 10.1 Å². The molecule has 152 valence electrons. The van der Waals surface area contributed by atoms with Gasteiger partial charge in [-0.25, -0.2) is 4.68 Å². The van der Waals surface area contributed by atoms with Crippen LogP contribution in [0.3, 0.4) is 0 Å². The van der Waals surface area contributed by atoms with Gasteiger partial charge in [0.1, 0.15) is 11.4 Å². The van der Waals surface area contributed by atoms with Crippen molar-refractivity contribution in [2.45, 2.75) is 31.8 Å². The zero-order valence-corrected chi connectivity index (χ0v) is 17.3. The molecular weight excluding hydrogens is 354 g/mol. The Morgan fingerprint density at radius 1 is 1.36 bits per heavy atom. The molecule has 7 heteroatoms. The van der Waals surface area contributed by atoms with Gasteiger partial charge in [0, 0.05) is 17.8 Å². The van der Waals surface area contributed by atoms with E-state index in [1.807, 2.05) is 44.4 Å². The molecule has 0 spiro atoms. The van der Waals surface area contributed by atoms with Crippen molar-refractivity contribution < 1.29 is 9.53 Å². The van der Waals surface area contributed by atoms with Gasteiger partial charge < -0.3 is 15.0 Å². The lowest BCUT2D eigenvalue weighted by Crippen LogP contribution is -2.46. The number of piperidine rings is 1. The van der Waals surface area contributed by atoms with E-state index in [1.165, 1.54) is 0 Å². The van der Waals surface area contributed by atoms with Crippen molar-refractivity contribution in [3.05, 3.63) is 42.2 Å². The van der Waals surface area contributed by atoms with Crippen molar-refractivity contribution in [2.75, 3.05) is 40.8 Å². The number of aromatic nitrogens is 2. The van der Waals surface area contributed by atoms with Gasteiger partial charge in [-0.1, -0.05) is 12.1 Å². The molecule has 0 radical (unpaired) electrons. The van der Waals surface area contributed by atoms with Gasteiger partial charge in [-0.3, -0.25) is 9.69 Å². The summed E-state index contributed by atoms with van der Waals surface area (Å²) < 4.78 is 7.18. The molecule has 1 unspecified atom stereocenters. The number of likely N-dealkylation sites (N-methyl/N-ethyl adjacent to an activating group) is 1. The van der Waals surface area contributed by atoms with Crippen LogP contribution in [0, 0.1) is 0 Å². The zero-order valence-electron chi connectivity index (χ0n) is 17.3. The number of methoxy groups -OCH3 is 1. The molecule has 1 fully saturated rings. The minimum atomic E-state index is -0.109. The van der Waals surface area contributed by atoms with E-state index in [9.17, 15) is 4.79 Å². The quantitative estimate of drug-likeness (QED) is 0.791. The molecule has 0 bridgehead atoms. The van der Waals surface area contributed by atoms with E-state index in [0.29, 0.717) is 12.6 Å². The fraction of sp³-hybridized carbons (Fsp3) is 0.524.